The molecule has 1 rings (SSSR count). The Labute approximate surface area is 126 Å². The van der Waals surface area contributed by atoms with Crippen LogP contribution >= 0.6 is 0 Å². The summed E-state index contributed by atoms with van der Waals surface area (Å²) < 4.78 is 0. The van der Waals surface area contributed by atoms with E-state index in [1.54, 1.807) is 26.0 Å². The summed E-state index contributed by atoms with van der Waals surface area (Å²) in [5.74, 6) is -1.38. The Bertz CT molecular complexity index is 522. The van der Waals surface area contributed by atoms with Crippen LogP contribution in [0.5, 0.6) is 0 Å². The van der Waals surface area contributed by atoms with E-state index in [4.69, 9.17) is 0 Å². The molecule has 0 aliphatic carbocycles. The summed E-state index contributed by atoms with van der Waals surface area (Å²) in [5.41, 5.74) is 1.64. The van der Waals surface area contributed by atoms with Crippen molar-refractivity contribution >= 4 is 11.9 Å². The Morgan fingerprint density at radius 1 is 1.10 bits per heavy atom. The molecule has 0 saturated heterocycles. The zero-order valence-electron chi connectivity index (χ0n) is 13.2. The number of aryl methyl sites for hydroxylation is 2. The molecular formula is C16H24N2O3. The average Bonchev–Trinajstić information content (AvgIpc) is 2.45. The van der Waals surface area contributed by atoms with Gasteiger partial charge in [-0.25, -0.2) is 4.79 Å². The lowest BCUT2D eigenvalue weighted by Crippen LogP contribution is -2.35. The minimum absolute atomic E-state index is 0.0929. The molecule has 1 aromatic rings. The Balaban J connectivity index is 2.88. The van der Waals surface area contributed by atoms with Crippen LogP contribution in [0.4, 0.5) is 0 Å². The van der Waals surface area contributed by atoms with Gasteiger partial charge in [-0.15, -0.1) is 0 Å². The van der Waals surface area contributed by atoms with Gasteiger partial charge < -0.3 is 15.3 Å². The number of carbonyl (C=O) groups is 2. The van der Waals surface area contributed by atoms with Crippen molar-refractivity contribution in [2.45, 2.75) is 27.7 Å². The van der Waals surface area contributed by atoms with Crippen molar-refractivity contribution in [3.63, 3.8) is 0 Å². The van der Waals surface area contributed by atoms with Gasteiger partial charge in [-0.3, -0.25) is 4.79 Å². The Morgan fingerprint density at radius 3 is 2.10 bits per heavy atom. The van der Waals surface area contributed by atoms with Gasteiger partial charge in [0.15, 0.2) is 0 Å². The van der Waals surface area contributed by atoms with Gasteiger partial charge in [0.1, 0.15) is 0 Å². The SMILES string of the molecule is CCN(CC)CCNC(=O)c1c(C)ccc(C)c1C(=O)O. The normalized spacial score (nSPS) is 10.7. The number of carbonyl (C=O) groups excluding carboxylic acids is 1. The molecular weight excluding hydrogens is 268 g/mol. The van der Waals surface area contributed by atoms with Gasteiger partial charge >= 0.3 is 5.97 Å². The molecule has 2 N–H and O–H groups in total. The first kappa shape index (κ1) is 17.2. The number of hydrogen-bond donors (Lipinski definition) is 2. The van der Waals surface area contributed by atoms with Crippen molar-refractivity contribution in [3.05, 3.63) is 34.4 Å². The van der Waals surface area contributed by atoms with E-state index in [1.807, 2.05) is 0 Å². The first-order chi connectivity index (χ1) is 9.92. The smallest absolute Gasteiger partial charge is 0.336 e. The zero-order valence-corrected chi connectivity index (χ0v) is 13.2. The molecule has 1 amide bonds. The molecule has 5 heteroatoms. The highest BCUT2D eigenvalue weighted by Gasteiger charge is 2.20. The number of carboxylic acid groups (broad SMARTS) is 1. The summed E-state index contributed by atoms with van der Waals surface area (Å²) in [7, 11) is 0. The largest absolute Gasteiger partial charge is 0.478 e. The minimum Gasteiger partial charge on any atom is -0.478 e. The molecule has 0 aliphatic heterocycles. The molecule has 5 nitrogen and oxygen atoms in total. The van der Waals surface area contributed by atoms with E-state index >= 15 is 0 Å². The van der Waals surface area contributed by atoms with Crippen LogP contribution in [-0.4, -0.2) is 48.1 Å². The number of likely N-dealkylation sites (N-methyl/N-ethyl adjacent to an activating group) is 1. The Hall–Kier alpha value is -1.88. The maximum atomic E-state index is 12.3. The molecule has 0 atom stereocenters. The zero-order chi connectivity index (χ0) is 16.0. The lowest BCUT2D eigenvalue weighted by atomic mass is 9.96. The number of nitrogens with zero attached hydrogens (tertiary/aromatic N) is 1. The van der Waals surface area contributed by atoms with Crippen LogP contribution in [0.2, 0.25) is 0 Å². The van der Waals surface area contributed by atoms with Crippen LogP contribution in [-0.2, 0) is 0 Å². The second-order valence-electron chi connectivity index (χ2n) is 5.04. The van der Waals surface area contributed by atoms with Crippen molar-refractivity contribution in [2.24, 2.45) is 0 Å². The van der Waals surface area contributed by atoms with Gasteiger partial charge in [-0.05, 0) is 38.1 Å². The summed E-state index contributed by atoms with van der Waals surface area (Å²) in [6.45, 7) is 10.7. The van der Waals surface area contributed by atoms with E-state index in [9.17, 15) is 14.7 Å². The van der Waals surface area contributed by atoms with Crippen LogP contribution in [0, 0.1) is 13.8 Å². The van der Waals surface area contributed by atoms with E-state index < -0.39 is 5.97 Å². The Morgan fingerprint density at radius 2 is 1.62 bits per heavy atom. The number of amides is 1. The number of hydrogen-bond acceptors (Lipinski definition) is 3. The van der Waals surface area contributed by atoms with Gasteiger partial charge in [0, 0.05) is 13.1 Å². The van der Waals surface area contributed by atoms with Gasteiger partial charge in [-0.1, -0.05) is 26.0 Å². The second kappa shape index (κ2) is 7.78. The van der Waals surface area contributed by atoms with E-state index in [0.717, 1.165) is 19.6 Å². The van der Waals surface area contributed by atoms with Crippen molar-refractivity contribution in [3.8, 4) is 0 Å². The van der Waals surface area contributed by atoms with Crippen molar-refractivity contribution in [1.29, 1.82) is 0 Å². The maximum Gasteiger partial charge on any atom is 0.336 e. The van der Waals surface area contributed by atoms with E-state index in [-0.39, 0.29) is 17.0 Å². The van der Waals surface area contributed by atoms with Crippen LogP contribution in [0.15, 0.2) is 12.1 Å². The molecule has 0 heterocycles. The molecule has 0 unspecified atom stereocenters. The first-order valence-electron chi connectivity index (χ1n) is 7.26. The number of benzene rings is 1. The molecule has 0 spiro atoms. The topological polar surface area (TPSA) is 69.6 Å². The van der Waals surface area contributed by atoms with Crippen LogP contribution in [0.25, 0.3) is 0 Å². The van der Waals surface area contributed by atoms with E-state index in [1.165, 1.54) is 0 Å². The van der Waals surface area contributed by atoms with Gasteiger partial charge in [0.05, 0.1) is 11.1 Å². The summed E-state index contributed by atoms with van der Waals surface area (Å²) >= 11 is 0. The van der Waals surface area contributed by atoms with E-state index in [0.29, 0.717) is 17.7 Å². The molecule has 0 fully saturated rings. The molecule has 0 saturated carbocycles. The number of aromatic carboxylic acids is 1. The highest BCUT2D eigenvalue weighted by molar-refractivity contribution is 6.06. The lowest BCUT2D eigenvalue weighted by Gasteiger charge is -2.18. The molecule has 0 aliphatic rings. The maximum absolute atomic E-state index is 12.3. The highest BCUT2D eigenvalue weighted by Crippen LogP contribution is 2.18. The van der Waals surface area contributed by atoms with Crippen molar-refractivity contribution in [2.75, 3.05) is 26.2 Å². The third-order valence-corrected chi connectivity index (χ3v) is 3.67. The van der Waals surface area contributed by atoms with Crippen LogP contribution in [0.3, 0.4) is 0 Å². The fraction of sp³-hybridized carbons (Fsp3) is 0.500. The van der Waals surface area contributed by atoms with Crippen molar-refractivity contribution < 1.29 is 14.7 Å². The van der Waals surface area contributed by atoms with Crippen molar-refractivity contribution in [1.82, 2.24) is 10.2 Å². The van der Waals surface area contributed by atoms with Gasteiger partial charge in [0.2, 0.25) is 0 Å². The fourth-order valence-corrected chi connectivity index (χ4v) is 2.33. The summed E-state index contributed by atoms with van der Waals surface area (Å²) in [4.78, 5) is 25.9. The molecule has 116 valence electrons. The second-order valence-corrected chi connectivity index (χ2v) is 5.04. The summed E-state index contributed by atoms with van der Waals surface area (Å²) in [5, 5.41) is 12.1. The van der Waals surface area contributed by atoms with Gasteiger partial charge in [-0.2, -0.15) is 0 Å². The van der Waals surface area contributed by atoms with Crippen LogP contribution in [0.1, 0.15) is 45.7 Å². The highest BCUT2D eigenvalue weighted by atomic mass is 16.4. The standard InChI is InChI=1S/C16H24N2O3/c1-5-18(6-2)10-9-17-15(19)13-11(3)7-8-12(4)14(13)16(20)21/h7-8H,5-6,9-10H2,1-4H3,(H,17,19)(H,20,21). The average molecular weight is 292 g/mol. The molecule has 21 heavy (non-hydrogen) atoms. The molecule has 0 radical (unpaired) electrons. The monoisotopic (exact) mass is 292 g/mol. The first-order valence-corrected chi connectivity index (χ1v) is 7.26. The van der Waals surface area contributed by atoms with Gasteiger partial charge in [0.25, 0.3) is 5.91 Å². The lowest BCUT2D eigenvalue weighted by molar-refractivity contribution is 0.0690. The number of nitrogens with one attached hydrogen (secondary N) is 1. The third-order valence-electron chi connectivity index (χ3n) is 3.67. The number of rotatable bonds is 7. The molecule has 0 aromatic heterocycles. The minimum atomic E-state index is -1.06. The van der Waals surface area contributed by atoms with Crippen LogP contribution < -0.4 is 5.32 Å². The quantitative estimate of drug-likeness (QED) is 0.807. The summed E-state index contributed by atoms with van der Waals surface area (Å²) in [6, 6.07) is 3.51. The fourth-order valence-electron chi connectivity index (χ4n) is 2.33. The predicted molar refractivity (Wildman–Crippen MR) is 83.0 cm³/mol. The molecule has 0 bridgehead atoms. The Kier molecular flexibility index (Phi) is 6.37. The molecule has 1 aromatic carbocycles. The summed E-state index contributed by atoms with van der Waals surface area (Å²) in [6.07, 6.45) is 0. The van der Waals surface area contributed by atoms with E-state index in [2.05, 4.69) is 24.1 Å². The third kappa shape index (κ3) is 4.29. The number of carboxylic acids is 1. The predicted octanol–water partition coefficient (Wildman–Crippen LogP) is 2.07.